The monoisotopic (exact) mass is 410 g/mol. The molecule has 1 fully saturated rings. The van der Waals surface area contributed by atoms with Gasteiger partial charge in [0.15, 0.2) is 0 Å². The molecule has 0 radical (unpaired) electrons. The minimum absolute atomic E-state index is 0.186. The van der Waals surface area contributed by atoms with Crippen molar-refractivity contribution in [2.45, 2.75) is 37.6 Å². The second kappa shape index (κ2) is 8.50. The Kier molecular flexibility index (Phi) is 6.29. The number of sulfonamides is 1. The maximum Gasteiger partial charge on any atom is 0.254 e. The third kappa shape index (κ3) is 4.39. The van der Waals surface area contributed by atoms with E-state index in [1.165, 1.54) is 16.4 Å². The zero-order chi connectivity index (χ0) is 19.4. The van der Waals surface area contributed by atoms with Gasteiger partial charge in [0, 0.05) is 30.1 Å². The molecule has 0 aliphatic carbocycles. The molecule has 1 saturated heterocycles. The van der Waals surface area contributed by atoms with Crippen LogP contribution >= 0.6 is 11.3 Å². The van der Waals surface area contributed by atoms with E-state index in [1.807, 2.05) is 24.4 Å². The molecule has 1 aromatic heterocycles. The number of carbonyl (C=O) groups is 1. The van der Waals surface area contributed by atoms with Crippen molar-refractivity contribution in [1.82, 2.24) is 9.21 Å². The second-order valence-corrected chi connectivity index (χ2v) is 9.45. The van der Waals surface area contributed by atoms with Crippen LogP contribution in [-0.2, 0) is 16.6 Å². The lowest BCUT2D eigenvalue weighted by molar-refractivity contribution is 0.0754. The van der Waals surface area contributed by atoms with E-state index in [9.17, 15) is 17.6 Å². The van der Waals surface area contributed by atoms with Crippen molar-refractivity contribution in [3.8, 4) is 0 Å². The van der Waals surface area contributed by atoms with Gasteiger partial charge in [-0.15, -0.1) is 11.3 Å². The Balaban J connectivity index is 1.88. The van der Waals surface area contributed by atoms with Crippen LogP contribution in [-0.4, -0.2) is 43.2 Å². The van der Waals surface area contributed by atoms with Crippen LogP contribution in [0.5, 0.6) is 0 Å². The zero-order valence-electron chi connectivity index (χ0n) is 15.2. The lowest BCUT2D eigenvalue weighted by atomic mass is 10.2. The highest BCUT2D eigenvalue weighted by atomic mass is 32.2. The largest absolute Gasteiger partial charge is 0.334 e. The summed E-state index contributed by atoms with van der Waals surface area (Å²) in [6.07, 6.45) is 2.51. The Morgan fingerprint density at radius 3 is 2.59 bits per heavy atom. The molecule has 5 nitrogen and oxygen atoms in total. The van der Waals surface area contributed by atoms with Crippen molar-refractivity contribution in [2.75, 3.05) is 19.6 Å². The van der Waals surface area contributed by atoms with E-state index in [0.29, 0.717) is 26.2 Å². The van der Waals surface area contributed by atoms with Gasteiger partial charge in [0.1, 0.15) is 10.7 Å². The first-order valence-corrected chi connectivity index (χ1v) is 11.4. The van der Waals surface area contributed by atoms with E-state index < -0.39 is 20.7 Å². The summed E-state index contributed by atoms with van der Waals surface area (Å²) < 4.78 is 41.3. The molecule has 1 amide bonds. The van der Waals surface area contributed by atoms with Crippen LogP contribution in [0, 0.1) is 5.82 Å². The van der Waals surface area contributed by atoms with Crippen molar-refractivity contribution in [1.29, 1.82) is 0 Å². The maximum atomic E-state index is 14.3. The maximum absolute atomic E-state index is 14.3. The van der Waals surface area contributed by atoms with E-state index in [-0.39, 0.29) is 11.5 Å². The summed E-state index contributed by atoms with van der Waals surface area (Å²) in [5, 5.41) is 1.94. The first kappa shape index (κ1) is 20.0. The van der Waals surface area contributed by atoms with Gasteiger partial charge in [-0.2, -0.15) is 4.31 Å². The summed E-state index contributed by atoms with van der Waals surface area (Å²) >= 11 is 1.55. The number of rotatable bonds is 6. The summed E-state index contributed by atoms with van der Waals surface area (Å²) in [5.74, 6) is -1.13. The molecule has 2 heterocycles. The van der Waals surface area contributed by atoms with Crippen LogP contribution in [0.3, 0.4) is 0 Å². The number of benzene rings is 1. The molecule has 0 atom stereocenters. The molecule has 1 aliphatic heterocycles. The highest BCUT2D eigenvalue weighted by molar-refractivity contribution is 7.89. The van der Waals surface area contributed by atoms with Gasteiger partial charge in [-0.1, -0.05) is 12.5 Å². The van der Waals surface area contributed by atoms with E-state index in [2.05, 4.69) is 0 Å². The Bertz CT molecular complexity index is 892. The summed E-state index contributed by atoms with van der Waals surface area (Å²) in [6, 6.07) is 7.46. The number of hydrogen-bond acceptors (Lipinski definition) is 4. The number of amides is 1. The van der Waals surface area contributed by atoms with Crippen LogP contribution < -0.4 is 0 Å². The minimum atomic E-state index is -3.94. The summed E-state index contributed by atoms with van der Waals surface area (Å²) in [6.45, 7) is 3.56. The Morgan fingerprint density at radius 2 is 1.96 bits per heavy atom. The molecule has 0 spiro atoms. The molecule has 1 aromatic carbocycles. The smallest absolute Gasteiger partial charge is 0.254 e. The predicted octanol–water partition coefficient (Wildman–Crippen LogP) is 3.72. The van der Waals surface area contributed by atoms with Gasteiger partial charge < -0.3 is 4.90 Å². The van der Waals surface area contributed by atoms with Crippen molar-refractivity contribution >= 4 is 27.3 Å². The highest BCUT2D eigenvalue weighted by Crippen LogP contribution is 2.25. The van der Waals surface area contributed by atoms with Crippen LogP contribution in [0.15, 0.2) is 40.6 Å². The number of carbonyl (C=O) groups excluding carboxylic acids is 1. The van der Waals surface area contributed by atoms with Gasteiger partial charge in [-0.25, -0.2) is 12.8 Å². The fourth-order valence-electron chi connectivity index (χ4n) is 3.18. The molecule has 0 N–H and O–H groups in total. The third-order valence-corrected chi connectivity index (χ3v) is 7.48. The van der Waals surface area contributed by atoms with Gasteiger partial charge >= 0.3 is 0 Å². The molecule has 0 bridgehead atoms. The highest BCUT2D eigenvalue weighted by Gasteiger charge is 2.30. The normalized spacial score (nSPS) is 15.6. The van der Waals surface area contributed by atoms with Crippen molar-refractivity contribution in [3.63, 3.8) is 0 Å². The quantitative estimate of drug-likeness (QED) is 0.729. The van der Waals surface area contributed by atoms with E-state index in [4.69, 9.17) is 0 Å². The van der Waals surface area contributed by atoms with Crippen LogP contribution in [0.2, 0.25) is 0 Å². The second-order valence-electron chi connectivity index (χ2n) is 6.51. The number of hydrogen-bond donors (Lipinski definition) is 0. The molecule has 0 saturated carbocycles. The Labute approximate surface area is 163 Å². The molecule has 1 aliphatic rings. The van der Waals surface area contributed by atoms with Crippen molar-refractivity contribution < 1.29 is 17.6 Å². The summed E-state index contributed by atoms with van der Waals surface area (Å²) in [4.78, 5) is 15.1. The van der Waals surface area contributed by atoms with E-state index in [0.717, 1.165) is 30.2 Å². The number of thiophene rings is 1. The first-order chi connectivity index (χ1) is 12.9. The van der Waals surface area contributed by atoms with E-state index in [1.54, 1.807) is 16.2 Å². The standard InChI is InChI=1S/C19H23FN2O3S2/c1-2-21(14-16-7-6-12-26-16)19(23)15-8-9-17(20)18(13-15)27(24,25)22-10-4-3-5-11-22/h6-9,12-13H,2-5,10-11,14H2,1H3. The Hall–Kier alpha value is -1.77. The average Bonchev–Trinajstić information content (AvgIpc) is 3.19. The average molecular weight is 411 g/mol. The minimum Gasteiger partial charge on any atom is -0.334 e. The molecule has 2 aromatic rings. The van der Waals surface area contributed by atoms with Crippen molar-refractivity contribution in [3.05, 3.63) is 52.0 Å². The third-order valence-electron chi connectivity index (χ3n) is 4.71. The Morgan fingerprint density at radius 1 is 1.22 bits per heavy atom. The fraction of sp³-hybridized carbons (Fsp3) is 0.421. The zero-order valence-corrected chi connectivity index (χ0v) is 16.9. The molecule has 27 heavy (non-hydrogen) atoms. The van der Waals surface area contributed by atoms with Crippen molar-refractivity contribution in [2.24, 2.45) is 0 Å². The summed E-state index contributed by atoms with van der Waals surface area (Å²) in [5.41, 5.74) is 0.186. The van der Waals surface area contributed by atoms with Crippen LogP contribution in [0.4, 0.5) is 4.39 Å². The van der Waals surface area contributed by atoms with Gasteiger partial charge in [-0.3, -0.25) is 4.79 Å². The summed E-state index contributed by atoms with van der Waals surface area (Å²) in [7, 11) is -3.94. The predicted molar refractivity (Wildman–Crippen MR) is 104 cm³/mol. The first-order valence-electron chi connectivity index (χ1n) is 9.05. The molecule has 3 rings (SSSR count). The number of nitrogens with zero attached hydrogens (tertiary/aromatic N) is 2. The van der Waals surface area contributed by atoms with Crippen LogP contribution in [0.25, 0.3) is 0 Å². The number of piperidine rings is 1. The lowest BCUT2D eigenvalue weighted by Gasteiger charge is -2.26. The lowest BCUT2D eigenvalue weighted by Crippen LogP contribution is -2.36. The fourth-order valence-corrected chi connectivity index (χ4v) is 5.51. The molecular weight excluding hydrogens is 387 g/mol. The SMILES string of the molecule is CCN(Cc1cccs1)C(=O)c1ccc(F)c(S(=O)(=O)N2CCCCC2)c1. The molecule has 0 unspecified atom stereocenters. The van der Waals surface area contributed by atoms with Gasteiger partial charge in [0.05, 0.1) is 6.54 Å². The molecule has 146 valence electrons. The molecule has 8 heteroatoms. The topological polar surface area (TPSA) is 57.7 Å². The van der Waals surface area contributed by atoms with Gasteiger partial charge in [0.2, 0.25) is 10.0 Å². The van der Waals surface area contributed by atoms with Gasteiger partial charge in [0.25, 0.3) is 5.91 Å². The van der Waals surface area contributed by atoms with E-state index >= 15 is 0 Å². The number of halogens is 1. The van der Waals surface area contributed by atoms with Gasteiger partial charge in [-0.05, 0) is 49.4 Å². The molecular formula is C19H23FN2O3S2. The van der Waals surface area contributed by atoms with Crippen LogP contribution in [0.1, 0.15) is 41.4 Å².